The van der Waals surface area contributed by atoms with Crippen LogP contribution >= 0.6 is 0 Å². The van der Waals surface area contributed by atoms with Gasteiger partial charge in [-0.05, 0) is 64.8 Å². The van der Waals surface area contributed by atoms with Crippen LogP contribution in [-0.4, -0.2) is 72.3 Å². The molecule has 8 heteroatoms. The summed E-state index contributed by atoms with van der Waals surface area (Å²) in [6, 6.07) is 6.38. The first kappa shape index (κ1) is 24.4. The van der Waals surface area contributed by atoms with Gasteiger partial charge in [-0.15, -0.1) is 0 Å². The number of nitrogens with one attached hydrogen (secondary N) is 1. The first-order chi connectivity index (χ1) is 14.5. The summed E-state index contributed by atoms with van der Waals surface area (Å²) >= 11 is 0. The van der Waals surface area contributed by atoms with E-state index in [1.165, 1.54) is 4.90 Å². The number of hydrogen-bond acceptors (Lipinski definition) is 5. The SMILES string of the molecule is CCOC(=O)C1CCN(C(=O)CN(C)C(=O)c2ccc(C(=O)NC(C)(C)C)cc2)CC1. The second-order valence-corrected chi connectivity index (χ2v) is 8.85. The Balaban J connectivity index is 1.88. The summed E-state index contributed by atoms with van der Waals surface area (Å²) < 4.78 is 5.05. The molecule has 3 amide bonds. The molecule has 0 bridgehead atoms. The van der Waals surface area contributed by atoms with Gasteiger partial charge < -0.3 is 19.9 Å². The van der Waals surface area contributed by atoms with Crippen LogP contribution in [0.5, 0.6) is 0 Å². The first-order valence-corrected chi connectivity index (χ1v) is 10.6. The Morgan fingerprint density at radius 3 is 2.13 bits per heavy atom. The summed E-state index contributed by atoms with van der Waals surface area (Å²) in [5, 5.41) is 2.87. The Morgan fingerprint density at radius 1 is 1.06 bits per heavy atom. The number of hydrogen-bond donors (Lipinski definition) is 1. The van der Waals surface area contributed by atoms with E-state index in [9.17, 15) is 19.2 Å². The number of rotatable bonds is 6. The van der Waals surface area contributed by atoms with Crippen molar-refractivity contribution in [3.63, 3.8) is 0 Å². The summed E-state index contributed by atoms with van der Waals surface area (Å²) in [5.74, 6) is -1.03. The zero-order valence-electron chi connectivity index (χ0n) is 19.1. The van der Waals surface area contributed by atoms with Gasteiger partial charge in [0.2, 0.25) is 5.91 Å². The molecule has 8 nitrogen and oxygen atoms in total. The molecule has 1 aromatic rings. The lowest BCUT2D eigenvalue weighted by Crippen LogP contribution is -2.45. The van der Waals surface area contributed by atoms with Crippen LogP contribution in [0.1, 0.15) is 61.3 Å². The van der Waals surface area contributed by atoms with Crippen molar-refractivity contribution >= 4 is 23.7 Å². The lowest BCUT2D eigenvalue weighted by atomic mass is 9.97. The average Bonchev–Trinajstić information content (AvgIpc) is 2.72. The number of likely N-dealkylation sites (N-methyl/N-ethyl adjacent to an activating group) is 1. The van der Waals surface area contributed by atoms with Crippen molar-refractivity contribution in [3.05, 3.63) is 35.4 Å². The second kappa shape index (κ2) is 10.4. The van der Waals surface area contributed by atoms with Gasteiger partial charge in [0.05, 0.1) is 19.1 Å². The van der Waals surface area contributed by atoms with Crippen LogP contribution in [0.25, 0.3) is 0 Å². The molecule has 1 aliphatic rings. The Kier molecular flexibility index (Phi) is 8.19. The molecular weight excluding hydrogens is 398 g/mol. The van der Waals surface area contributed by atoms with E-state index in [2.05, 4.69) is 5.32 Å². The van der Waals surface area contributed by atoms with Crippen molar-refractivity contribution in [1.29, 1.82) is 0 Å². The van der Waals surface area contributed by atoms with Crippen LogP contribution in [0.3, 0.4) is 0 Å². The summed E-state index contributed by atoms with van der Waals surface area (Å²) in [4.78, 5) is 52.4. The van der Waals surface area contributed by atoms with E-state index in [0.29, 0.717) is 43.7 Å². The Hall–Kier alpha value is -2.90. The fraction of sp³-hybridized carbons (Fsp3) is 0.565. The third-order valence-corrected chi connectivity index (χ3v) is 5.07. The molecule has 1 aliphatic heterocycles. The molecule has 0 atom stereocenters. The average molecular weight is 432 g/mol. The van der Waals surface area contributed by atoms with Crippen LogP contribution in [0.15, 0.2) is 24.3 Å². The van der Waals surface area contributed by atoms with Crippen LogP contribution in [-0.2, 0) is 14.3 Å². The molecule has 0 radical (unpaired) electrons. The number of benzene rings is 1. The second-order valence-electron chi connectivity index (χ2n) is 8.85. The van der Waals surface area contributed by atoms with Crippen LogP contribution in [0.4, 0.5) is 0 Å². The third-order valence-electron chi connectivity index (χ3n) is 5.07. The normalized spacial score (nSPS) is 14.7. The van der Waals surface area contributed by atoms with Gasteiger partial charge >= 0.3 is 5.97 Å². The highest BCUT2D eigenvalue weighted by Crippen LogP contribution is 2.19. The van der Waals surface area contributed by atoms with E-state index in [1.807, 2.05) is 20.8 Å². The fourth-order valence-electron chi connectivity index (χ4n) is 3.40. The molecule has 0 spiro atoms. The van der Waals surface area contributed by atoms with E-state index >= 15 is 0 Å². The van der Waals surface area contributed by atoms with Gasteiger partial charge in [0.15, 0.2) is 0 Å². The molecule has 31 heavy (non-hydrogen) atoms. The minimum atomic E-state index is -0.350. The van der Waals surface area contributed by atoms with Gasteiger partial charge in [-0.3, -0.25) is 19.2 Å². The minimum absolute atomic E-state index is 0.0465. The van der Waals surface area contributed by atoms with Crippen molar-refractivity contribution in [3.8, 4) is 0 Å². The highest BCUT2D eigenvalue weighted by Gasteiger charge is 2.29. The Bertz CT molecular complexity index is 805. The number of carbonyl (C=O) groups is 4. The van der Waals surface area contributed by atoms with Crippen LogP contribution in [0, 0.1) is 5.92 Å². The maximum atomic E-state index is 12.7. The summed E-state index contributed by atoms with van der Waals surface area (Å²) in [6.07, 6.45) is 1.14. The van der Waals surface area contributed by atoms with Gasteiger partial charge in [-0.25, -0.2) is 0 Å². The molecule has 1 saturated heterocycles. The molecule has 1 heterocycles. The number of esters is 1. The van der Waals surface area contributed by atoms with Crippen molar-refractivity contribution < 1.29 is 23.9 Å². The molecule has 0 aliphatic carbocycles. The number of nitrogens with zero attached hydrogens (tertiary/aromatic N) is 2. The zero-order chi connectivity index (χ0) is 23.2. The predicted molar refractivity (Wildman–Crippen MR) is 117 cm³/mol. The summed E-state index contributed by atoms with van der Waals surface area (Å²) in [7, 11) is 1.58. The topological polar surface area (TPSA) is 96.0 Å². The maximum absolute atomic E-state index is 12.7. The summed E-state index contributed by atoms with van der Waals surface area (Å²) in [6.45, 7) is 8.72. The van der Waals surface area contributed by atoms with Gasteiger partial charge in [0.25, 0.3) is 11.8 Å². The quantitative estimate of drug-likeness (QED) is 0.696. The fourth-order valence-corrected chi connectivity index (χ4v) is 3.40. The Labute approximate surface area is 183 Å². The van der Waals surface area contributed by atoms with Gasteiger partial charge in [-0.2, -0.15) is 0 Å². The molecule has 1 fully saturated rings. The van der Waals surface area contributed by atoms with Crippen LogP contribution in [0.2, 0.25) is 0 Å². The van der Waals surface area contributed by atoms with Gasteiger partial charge in [0, 0.05) is 36.8 Å². The third kappa shape index (κ3) is 7.08. The predicted octanol–water partition coefficient (Wildman–Crippen LogP) is 2.09. The Morgan fingerprint density at radius 2 is 1.61 bits per heavy atom. The van der Waals surface area contributed by atoms with E-state index in [4.69, 9.17) is 4.74 Å². The first-order valence-electron chi connectivity index (χ1n) is 10.6. The minimum Gasteiger partial charge on any atom is -0.466 e. The smallest absolute Gasteiger partial charge is 0.309 e. The van der Waals surface area contributed by atoms with E-state index in [-0.39, 0.29) is 41.7 Å². The molecule has 1 N–H and O–H groups in total. The lowest BCUT2D eigenvalue weighted by molar-refractivity contribution is -0.151. The van der Waals surface area contributed by atoms with Gasteiger partial charge in [0.1, 0.15) is 0 Å². The van der Waals surface area contributed by atoms with Crippen LogP contribution < -0.4 is 5.32 Å². The van der Waals surface area contributed by atoms with Crippen molar-refractivity contribution in [1.82, 2.24) is 15.1 Å². The van der Waals surface area contributed by atoms with Crippen molar-refractivity contribution in [2.24, 2.45) is 5.92 Å². The molecule has 0 unspecified atom stereocenters. The number of ether oxygens (including phenoxy) is 1. The van der Waals surface area contributed by atoms with Crippen molar-refractivity contribution in [2.75, 3.05) is 33.3 Å². The molecule has 170 valence electrons. The highest BCUT2D eigenvalue weighted by atomic mass is 16.5. The number of piperidine rings is 1. The molecule has 2 rings (SSSR count). The molecule has 0 saturated carbocycles. The molecule has 1 aromatic carbocycles. The largest absolute Gasteiger partial charge is 0.466 e. The summed E-state index contributed by atoms with van der Waals surface area (Å²) in [5.41, 5.74) is 0.523. The lowest BCUT2D eigenvalue weighted by Gasteiger charge is -2.32. The number of carbonyl (C=O) groups excluding carboxylic acids is 4. The number of likely N-dealkylation sites (tertiary alicyclic amines) is 1. The van der Waals surface area contributed by atoms with E-state index < -0.39 is 0 Å². The zero-order valence-corrected chi connectivity index (χ0v) is 19.1. The monoisotopic (exact) mass is 431 g/mol. The van der Waals surface area contributed by atoms with E-state index in [1.54, 1.807) is 43.1 Å². The highest BCUT2D eigenvalue weighted by molar-refractivity contribution is 5.99. The standard InChI is InChI=1S/C23H33N3O5/c1-6-31-22(30)18-11-13-26(14-12-18)19(27)15-25(5)21(29)17-9-7-16(8-10-17)20(28)24-23(2,3)4/h7-10,18H,6,11-15H2,1-5H3,(H,24,28). The number of amides is 3. The maximum Gasteiger partial charge on any atom is 0.309 e. The molecule has 0 aromatic heterocycles. The van der Waals surface area contributed by atoms with Gasteiger partial charge in [-0.1, -0.05) is 0 Å². The van der Waals surface area contributed by atoms with Crippen molar-refractivity contribution in [2.45, 2.75) is 46.1 Å². The molecular formula is C23H33N3O5. The van der Waals surface area contributed by atoms with E-state index in [0.717, 1.165) is 0 Å².